The van der Waals surface area contributed by atoms with E-state index in [4.69, 9.17) is 5.73 Å². The van der Waals surface area contributed by atoms with Crippen molar-refractivity contribution < 1.29 is 14.0 Å². The first-order chi connectivity index (χ1) is 13.6. The highest BCUT2D eigenvalue weighted by Crippen LogP contribution is 2.24. The van der Waals surface area contributed by atoms with Gasteiger partial charge in [-0.2, -0.15) is 0 Å². The largest absolute Gasteiger partial charge is 0.368 e. The quantitative estimate of drug-likeness (QED) is 0.671. The van der Waals surface area contributed by atoms with Crippen LogP contribution in [0, 0.1) is 11.2 Å². The molecule has 2 aromatic carbocycles. The molecule has 3 aromatic rings. The zero-order valence-electron chi connectivity index (χ0n) is 16.9. The first-order valence-corrected chi connectivity index (χ1v) is 9.55. The lowest BCUT2D eigenvalue weighted by atomic mass is 9.86. The van der Waals surface area contributed by atoms with Crippen LogP contribution in [0.15, 0.2) is 54.7 Å². The Labute approximate surface area is 169 Å². The van der Waals surface area contributed by atoms with Crippen LogP contribution >= 0.6 is 0 Å². The monoisotopic (exact) mass is 395 g/mol. The number of rotatable bonds is 6. The molecule has 0 aliphatic rings. The summed E-state index contributed by atoms with van der Waals surface area (Å²) in [4.78, 5) is 24.4. The van der Waals surface area contributed by atoms with Crippen molar-refractivity contribution >= 4 is 22.7 Å². The SMILES string of the molecule is CC(C)(C)[C@H](NC(=O)Cc1cn(Cc2ccc(F)cc2)c2ccccc12)C(N)=O. The fourth-order valence-electron chi connectivity index (χ4n) is 3.48. The second kappa shape index (κ2) is 8.07. The van der Waals surface area contributed by atoms with E-state index in [1.54, 1.807) is 12.1 Å². The van der Waals surface area contributed by atoms with Crippen LogP contribution in [0.3, 0.4) is 0 Å². The molecule has 0 aliphatic carbocycles. The summed E-state index contributed by atoms with van der Waals surface area (Å²) in [5.74, 6) is -1.08. The number of amides is 2. The molecule has 0 radical (unpaired) electrons. The van der Waals surface area contributed by atoms with Gasteiger partial charge in [0, 0.05) is 23.6 Å². The molecule has 1 aromatic heterocycles. The Kier molecular flexibility index (Phi) is 5.73. The summed E-state index contributed by atoms with van der Waals surface area (Å²) < 4.78 is 15.2. The van der Waals surface area contributed by atoms with Crippen LogP contribution in [-0.2, 0) is 22.6 Å². The van der Waals surface area contributed by atoms with E-state index in [1.165, 1.54) is 12.1 Å². The molecule has 3 rings (SSSR count). The molecular formula is C23H26FN3O2. The molecule has 0 unspecified atom stereocenters. The summed E-state index contributed by atoms with van der Waals surface area (Å²) in [5, 5.41) is 3.74. The number of nitrogens with two attached hydrogens (primary N) is 1. The number of benzene rings is 2. The lowest BCUT2D eigenvalue weighted by molar-refractivity contribution is -0.129. The Bertz CT molecular complexity index is 1030. The lowest BCUT2D eigenvalue weighted by Crippen LogP contribution is -2.52. The van der Waals surface area contributed by atoms with Gasteiger partial charge in [0.05, 0.1) is 6.42 Å². The maximum Gasteiger partial charge on any atom is 0.240 e. The van der Waals surface area contributed by atoms with E-state index >= 15 is 0 Å². The highest BCUT2D eigenvalue weighted by atomic mass is 19.1. The smallest absolute Gasteiger partial charge is 0.240 e. The molecule has 152 valence electrons. The van der Waals surface area contributed by atoms with Crippen molar-refractivity contribution in [2.45, 2.75) is 39.8 Å². The number of primary amides is 1. The number of nitrogens with one attached hydrogen (secondary N) is 1. The molecule has 29 heavy (non-hydrogen) atoms. The van der Waals surface area contributed by atoms with Gasteiger partial charge in [-0.15, -0.1) is 0 Å². The lowest BCUT2D eigenvalue weighted by Gasteiger charge is -2.28. The Balaban J connectivity index is 1.85. The van der Waals surface area contributed by atoms with Crippen LogP contribution < -0.4 is 11.1 Å². The van der Waals surface area contributed by atoms with Gasteiger partial charge in [0.2, 0.25) is 11.8 Å². The maximum atomic E-state index is 13.2. The van der Waals surface area contributed by atoms with Crippen molar-refractivity contribution in [1.29, 1.82) is 0 Å². The van der Waals surface area contributed by atoms with Gasteiger partial charge in [-0.1, -0.05) is 51.1 Å². The van der Waals surface area contributed by atoms with Gasteiger partial charge in [0.15, 0.2) is 0 Å². The van der Waals surface area contributed by atoms with E-state index in [1.807, 2.05) is 55.8 Å². The van der Waals surface area contributed by atoms with E-state index in [0.717, 1.165) is 22.0 Å². The maximum absolute atomic E-state index is 13.2. The van der Waals surface area contributed by atoms with Crippen molar-refractivity contribution in [3.63, 3.8) is 0 Å². The number of nitrogens with zero attached hydrogens (tertiary/aromatic N) is 1. The van der Waals surface area contributed by atoms with Gasteiger partial charge in [-0.3, -0.25) is 9.59 Å². The predicted octanol–water partition coefficient (Wildman–Crippen LogP) is 3.39. The summed E-state index contributed by atoms with van der Waals surface area (Å²) >= 11 is 0. The zero-order chi connectivity index (χ0) is 21.2. The average molecular weight is 395 g/mol. The number of fused-ring (bicyclic) bond motifs is 1. The number of para-hydroxylation sites is 1. The van der Waals surface area contributed by atoms with E-state index in [0.29, 0.717) is 6.54 Å². The number of carbonyl (C=O) groups excluding carboxylic acids is 2. The molecule has 1 atom stereocenters. The molecule has 2 amide bonds. The predicted molar refractivity (Wildman–Crippen MR) is 112 cm³/mol. The third kappa shape index (κ3) is 4.83. The third-order valence-electron chi connectivity index (χ3n) is 4.94. The van der Waals surface area contributed by atoms with E-state index in [9.17, 15) is 14.0 Å². The van der Waals surface area contributed by atoms with Crippen LogP contribution in [-0.4, -0.2) is 22.4 Å². The van der Waals surface area contributed by atoms with Gasteiger partial charge >= 0.3 is 0 Å². The highest BCUT2D eigenvalue weighted by molar-refractivity contribution is 5.92. The van der Waals surface area contributed by atoms with Crippen molar-refractivity contribution in [2.75, 3.05) is 0 Å². The fraction of sp³-hybridized carbons (Fsp3) is 0.304. The van der Waals surface area contributed by atoms with Crippen molar-refractivity contribution in [3.8, 4) is 0 Å². The zero-order valence-corrected chi connectivity index (χ0v) is 16.9. The Hall–Kier alpha value is -3.15. The fourth-order valence-corrected chi connectivity index (χ4v) is 3.48. The Morgan fingerprint density at radius 2 is 1.76 bits per heavy atom. The van der Waals surface area contributed by atoms with Gasteiger partial charge in [0.1, 0.15) is 11.9 Å². The van der Waals surface area contributed by atoms with Crippen LogP contribution in [0.4, 0.5) is 4.39 Å². The molecule has 0 bridgehead atoms. The molecule has 3 N–H and O–H groups in total. The second-order valence-electron chi connectivity index (χ2n) is 8.37. The Morgan fingerprint density at radius 3 is 2.38 bits per heavy atom. The second-order valence-corrected chi connectivity index (χ2v) is 8.37. The van der Waals surface area contributed by atoms with Crippen molar-refractivity contribution in [3.05, 3.63) is 71.7 Å². The number of hydrogen-bond donors (Lipinski definition) is 2. The summed E-state index contributed by atoms with van der Waals surface area (Å²) in [6.07, 6.45) is 2.07. The topological polar surface area (TPSA) is 77.1 Å². The third-order valence-corrected chi connectivity index (χ3v) is 4.94. The molecule has 0 spiro atoms. The molecule has 5 nitrogen and oxygen atoms in total. The highest BCUT2D eigenvalue weighted by Gasteiger charge is 2.31. The van der Waals surface area contributed by atoms with Crippen LogP contribution in [0.2, 0.25) is 0 Å². The molecular weight excluding hydrogens is 369 g/mol. The van der Waals surface area contributed by atoms with Gasteiger partial charge in [0.25, 0.3) is 0 Å². The van der Waals surface area contributed by atoms with E-state index in [-0.39, 0.29) is 18.1 Å². The molecule has 0 saturated heterocycles. The number of carbonyl (C=O) groups is 2. The summed E-state index contributed by atoms with van der Waals surface area (Å²) in [6, 6.07) is 13.4. The first-order valence-electron chi connectivity index (χ1n) is 9.55. The molecule has 6 heteroatoms. The van der Waals surface area contributed by atoms with E-state index < -0.39 is 17.4 Å². The van der Waals surface area contributed by atoms with Crippen molar-refractivity contribution in [1.82, 2.24) is 9.88 Å². The summed E-state index contributed by atoms with van der Waals surface area (Å²) in [5.41, 5.74) is 7.81. The molecule has 0 aliphatic heterocycles. The molecule has 0 fully saturated rings. The van der Waals surface area contributed by atoms with Crippen LogP contribution in [0.5, 0.6) is 0 Å². The first kappa shape index (κ1) is 20.6. The van der Waals surface area contributed by atoms with Crippen LogP contribution in [0.1, 0.15) is 31.9 Å². The summed E-state index contributed by atoms with van der Waals surface area (Å²) in [7, 11) is 0. The number of aromatic nitrogens is 1. The number of hydrogen-bond acceptors (Lipinski definition) is 2. The minimum absolute atomic E-state index is 0.136. The Morgan fingerprint density at radius 1 is 1.10 bits per heavy atom. The van der Waals surface area contributed by atoms with Gasteiger partial charge in [-0.05, 0) is 34.7 Å². The average Bonchev–Trinajstić information content (AvgIpc) is 2.98. The minimum atomic E-state index is -0.748. The van der Waals surface area contributed by atoms with Gasteiger partial charge < -0.3 is 15.6 Å². The molecule has 0 saturated carbocycles. The van der Waals surface area contributed by atoms with Crippen LogP contribution in [0.25, 0.3) is 10.9 Å². The molecule has 1 heterocycles. The van der Waals surface area contributed by atoms with E-state index in [2.05, 4.69) is 5.32 Å². The summed E-state index contributed by atoms with van der Waals surface area (Å²) in [6.45, 7) is 6.14. The number of halogens is 1. The standard InChI is InChI=1S/C23H26FN3O2/c1-23(2,3)21(22(25)29)26-20(28)12-16-14-27(19-7-5-4-6-18(16)19)13-15-8-10-17(24)11-9-15/h4-11,14,21H,12-13H2,1-3H3,(H2,25,29)(H,26,28)/t21-/m1/s1. The van der Waals surface area contributed by atoms with Crippen molar-refractivity contribution in [2.24, 2.45) is 11.1 Å². The normalized spacial score (nSPS) is 12.7. The van der Waals surface area contributed by atoms with Gasteiger partial charge in [-0.25, -0.2) is 4.39 Å². The minimum Gasteiger partial charge on any atom is -0.368 e.